The molecule has 6 aromatic carbocycles. The Labute approximate surface area is 377 Å². The number of phenolic OH excluding ortho intramolecular Hbond substituents is 1. The van der Waals surface area contributed by atoms with Gasteiger partial charge in [0.15, 0.2) is 5.75 Å². The van der Waals surface area contributed by atoms with Crippen molar-refractivity contribution in [3.05, 3.63) is 163 Å². The van der Waals surface area contributed by atoms with Crippen molar-refractivity contribution in [1.29, 1.82) is 0 Å². The summed E-state index contributed by atoms with van der Waals surface area (Å²) in [5.41, 5.74) is 2.69. The molecule has 0 spiro atoms. The molecule has 6 aromatic rings. The van der Waals surface area contributed by atoms with E-state index in [1.54, 1.807) is 67.6 Å². The average Bonchev–Trinajstić information content (AvgIpc) is 3.31. The molecule has 0 saturated heterocycles. The highest BCUT2D eigenvalue weighted by Gasteiger charge is 2.21. The second-order valence-corrected chi connectivity index (χ2v) is 14.1. The molecule has 6 rings (SSSR count). The molecular weight excluding hydrogens is 845 g/mol. The van der Waals surface area contributed by atoms with E-state index < -0.39 is 41.2 Å². The van der Waals surface area contributed by atoms with E-state index >= 15 is 0 Å². The molecule has 7 N–H and O–H groups in total. The van der Waals surface area contributed by atoms with E-state index in [0.29, 0.717) is 27.8 Å². The van der Waals surface area contributed by atoms with Crippen molar-refractivity contribution in [2.24, 2.45) is 10.2 Å². The number of azo groups is 1. The Morgan fingerprint density at radius 2 is 1.14 bits per heavy atom. The van der Waals surface area contributed by atoms with Crippen LogP contribution in [0.4, 0.5) is 45.5 Å². The predicted octanol–water partition coefficient (Wildman–Crippen LogP) is 9.42. The largest absolute Gasteiger partial charge is 0.505 e. The number of hydrogen-bond acceptors (Lipinski definition) is 11. The van der Waals surface area contributed by atoms with Gasteiger partial charge in [0.05, 0.1) is 25.5 Å². The smallest absolute Gasteiger partial charge is 0.259 e. The Bertz CT molecular complexity index is 2980. The highest BCUT2D eigenvalue weighted by atomic mass is 16.5. The number of fused-ring (bicyclic) bond motifs is 1. The van der Waals surface area contributed by atoms with Gasteiger partial charge in [0.1, 0.15) is 22.9 Å². The molecule has 0 aliphatic heterocycles. The molecule has 17 heteroatoms. The van der Waals surface area contributed by atoms with E-state index in [1.807, 2.05) is 0 Å². The van der Waals surface area contributed by atoms with Gasteiger partial charge >= 0.3 is 0 Å². The highest BCUT2D eigenvalue weighted by molar-refractivity contribution is 6.13. The third-order valence-electron chi connectivity index (χ3n) is 9.67. The van der Waals surface area contributed by atoms with Crippen LogP contribution in [0.15, 0.2) is 151 Å². The lowest BCUT2D eigenvalue weighted by molar-refractivity contribution is -0.112. The summed E-state index contributed by atoms with van der Waals surface area (Å²) in [5.74, 6) is -3.53. The van der Waals surface area contributed by atoms with Gasteiger partial charge in [0.25, 0.3) is 17.7 Å². The molecule has 0 fully saturated rings. The molecule has 17 nitrogen and oxygen atoms in total. The summed E-state index contributed by atoms with van der Waals surface area (Å²) in [6, 6.07) is 26.8. The Balaban J connectivity index is 1.25. The Hall–Kier alpha value is -9.38. The fourth-order valence-electron chi connectivity index (χ4n) is 6.40. The Morgan fingerprint density at radius 3 is 1.77 bits per heavy atom. The van der Waals surface area contributed by atoms with Gasteiger partial charge in [-0.05, 0) is 90.7 Å². The molecule has 0 heterocycles. The molecule has 0 atom stereocenters. The highest BCUT2D eigenvalue weighted by Crippen LogP contribution is 2.43. The fraction of sp³-hybridized carbons (Fsp3) is 0.0612. The number of phenols is 1. The molecule has 0 aliphatic carbocycles. The minimum atomic E-state index is -0.692. The number of carbonyl (C=O) groups is 6. The van der Waals surface area contributed by atoms with Gasteiger partial charge in [0, 0.05) is 57.1 Å². The first kappa shape index (κ1) is 46.1. The topological polar surface area (TPSA) is 238 Å². The first-order chi connectivity index (χ1) is 31.7. The molecule has 6 amide bonds. The van der Waals surface area contributed by atoms with Crippen LogP contribution >= 0.6 is 0 Å². The monoisotopic (exact) mass is 886 g/mol. The lowest BCUT2D eigenvalue weighted by Crippen LogP contribution is -2.16. The first-order valence-corrected chi connectivity index (χ1v) is 19.8. The number of aromatic hydroxyl groups is 1. The quantitative estimate of drug-likeness (QED) is 0.0361. The molecule has 0 radical (unpaired) electrons. The summed E-state index contributed by atoms with van der Waals surface area (Å²) in [6.07, 6.45) is 3.23. The zero-order valence-electron chi connectivity index (χ0n) is 35.8. The van der Waals surface area contributed by atoms with Crippen LogP contribution in [-0.4, -0.2) is 54.8 Å². The van der Waals surface area contributed by atoms with Crippen molar-refractivity contribution < 1.29 is 43.3 Å². The number of aryl methyl sites for hydroxylation is 1. The summed E-state index contributed by atoms with van der Waals surface area (Å²) in [7, 11) is 2.74. The van der Waals surface area contributed by atoms with Crippen molar-refractivity contribution >= 4 is 91.7 Å². The maximum absolute atomic E-state index is 13.8. The molecule has 0 aromatic heterocycles. The van der Waals surface area contributed by atoms with Gasteiger partial charge in [-0.2, -0.15) is 0 Å². The summed E-state index contributed by atoms with van der Waals surface area (Å²) in [4.78, 5) is 76.6. The SMILES string of the molecule is C=CC(=O)Nc1cc(NC(=O)C=C)cc(C(=O)Nc2cc(OC)c(N=Nc3c(O)c(C(=O)Nc4cccc(NC(=O)c5ccc(C)c(NC(=O)C=C)c5)c4)cc4ccccc34)cc2OC)c1. The van der Waals surface area contributed by atoms with E-state index in [0.717, 1.165) is 23.8 Å². The summed E-state index contributed by atoms with van der Waals surface area (Å²) < 4.78 is 11.2. The zero-order chi connectivity index (χ0) is 47.5. The van der Waals surface area contributed by atoms with Crippen molar-refractivity contribution in [3.8, 4) is 17.2 Å². The van der Waals surface area contributed by atoms with Crippen LogP contribution in [-0.2, 0) is 14.4 Å². The standard InChI is InChI=1S/C49H42N8O9/c1-7-42(58)50-33-19-30(20-34(24-33)51-43(59)8-2)48(63)55-38-25-41(66-6)39(26-40(38)65-5)56-57-45-35-16-11-10-13-28(35)21-36(46(45)61)49(64)53-32-15-12-14-31(23-32)52-47(62)29-18-17-27(4)37(22-29)54-44(60)9-3/h7-26,61H,1-3H2,4-6H3,(H,50,58)(H,51,59)(H,52,62)(H,53,64)(H,54,60)(H,55,63). The average molecular weight is 887 g/mol. The number of nitrogens with zero attached hydrogens (tertiary/aromatic N) is 2. The molecule has 0 bridgehead atoms. The Kier molecular flexibility index (Phi) is 14.4. The number of methoxy groups -OCH3 is 2. The van der Waals surface area contributed by atoms with E-state index in [2.05, 4.69) is 61.9 Å². The van der Waals surface area contributed by atoms with Crippen molar-refractivity contribution in [3.63, 3.8) is 0 Å². The van der Waals surface area contributed by atoms with Crippen LogP contribution in [0.25, 0.3) is 10.8 Å². The van der Waals surface area contributed by atoms with E-state index in [-0.39, 0.29) is 56.6 Å². The van der Waals surface area contributed by atoms with Crippen LogP contribution in [0.5, 0.6) is 17.2 Å². The summed E-state index contributed by atoms with van der Waals surface area (Å²) >= 11 is 0. The van der Waals surface area contributed by atoms with Crippen LogP contribution < -0.4 is 41.4 Å². The van der Waals surface area contributed by atoms with Crippen molar-refractivity contribution in [1.82, 2.24) is 0 Å². The normalized spacial score (nSPS) is 10.6. The molecular formula is C49H42N8O9. The number of carbonyl (C=O) groups excluding carboxylic acids is 6. The second kappa shape index (κ2) is 20.7. The molecule has 66 heavy (non-hydrogen) atoms. The van der Waals surface area contributed by atoms with E-state index in [9.17, 15) is 33.9 Å². The van der Waals surface area contributed by atoms with Gasteiger partial charge < -0.3 is 46.5 Å². The van der Waals surface area contributed by atoms with Crippen molar-refractivity contribution in [2.75, 3.05) is 46.1 Å². The van der Waals surface area contributed by atoms with Crippen LogP contribution in [0.2, 0.25) is 0 Å². The molecule has 0 aliphatic rings. The number of ether oxygens (including phenoxy) is 2. The third-order valence-corrected chi connectivity index (χ3v) is 9.67. The first-order valence-electron chi connectivity index (χ1n) is 19.8. The summed E-state index contributed by atoms with van der Waals surface area (Å²) in [5, 5.41) is 37.5. The predicted molar refractivity (Wildman–Crippen MR) is 254 cm³/mol. The van der Waals surface area contributed by atoms with E-state index in [4.69, 9.17) is 9.47 Å². The van der Waals surface area contributed by atoms with Crippen molar-refractivity contribution in [2.45, 2.75) is 6.92 Å². The molecule has 0 saturated carbocycles. The minimum absolute atomic E-state index is 0.0396. The number of amides is 6. The van der Waals surface area contributed by atoms with Gasteiger partial charge in [-0.25, -0.2) is 0 Å². The van der Waals surface area contributed by atoms with Gasteiger partial charge in [0.2, 0.25) is 17.7 Å². The zero-order valence-corrected chi connectivity index (χ0v) is 35.8. The minimum Gasteiger partial charge on any atom is -0.505 e. The number of anilines is 6. The molecule has 332 valence electrons. The third kappa shape index (κ3) is 11.0. The summed E-state index contributed by atoms with van der Waals surface area (Å²) in [6.45, 7) is 12.1. The number of nitrogens with one attached hydrogen (secondary N) is 6. The van der Waals surface area contributed by atoms with Crippen LogP contribution in [0.1, 0.15) is 36.6 Å². The van der Waals surface area contributed by atoms with Crippen LogP contribution in [0, 0.1) is 6.92 Å². The van der Waals surface area contributed by atoms with Crippen LogP contribution in [0.3, 0.4) is 0 Å². The molecule has 0 unspecified atom stereocenters. The number of benzene rings is 6. The van der Waals surface area contributed by atoms with Gasteiger partial charge in [-0.3, -0.25) is 28.8 Å². The number of hydrogen-bond donors (Lipinski definition) is 7. The lowest BCUT2D eigenvalue weighted by Gasteiger charge is -2.15. The lowest BCUT2D eigenvalue weighted by atomic mass is 10.0. The second-order valence-electron chi connectivity index (χ2n) is 14.1. The van der Waals surface area contributed by atoms with Gasteiger partial charge in [-0.1, -0.05) is 56.1 Å². The van der Waals surface area contributed by atoms with E-state index in [1.165, 1.54) is 56.7 Å². The van der Waals surface area contributed by atoms with Gasteiger partial charge in [-0.15, -0.1) is 10.2 Å². The maximum atomic E-state index is 13.8. The fourth-order valence-corrected chi connectivity index (χ4v) is 6.40. The Morgan fingerprint density at radius 1 is 0.545 bits per heavy atom. The number of rotatable bonds is 16. The maximum Gasteiger partial charge on any atom is 0.259 e.